The topological polar surface area (TPSA) is 450 Å². The zero-order valence-corrected chi connectivity index (χ0v) is 33.2. The first kappa shape index (κ1) is 44.3. The summed E-state index contributed by atoms with van der Waals surface area (Å²) in [6, 6.07) is 2.32. The fourth-order valence-electron chi connectivity index (χ4n) is 8.25. The first-order valence-electron chi connectivity index (χ1n) is 19.1. The van der Waals surface area contributed by atoms with E-state index in [1.54, 1.807) is 0 Å². The zero-order chi connectivity index (χ0) is 49.4. The predicted octanol–water partition coefficient (Wildman–Crippen LogP) is -1.10. The van der Waals surface area contributed by atoms with Crippen molar-refractivity contribution in [1.29, 1.82) is 0 Å². The van der Waals surface area contributed by atoms with E-state index in [0.29, 0.717) is 30.3 Å². The van der Waals surface area contributed by atoms with Gasteiger partial charge >= 0.3 is 35.6 Å². The zero-order valence-electron chi connectivity index (χ0n) is 33.2. The first-order chi connectivity index (χ1) is 31.9. The van der Waals surface area contributed by atoms with Gasteiger partial charge in [-0.15, -0.1) is 0 Å². The van der Waals surface area contributed by atoms with Gasteiger partial charge in [0.1, 0.15) is 12.7 Å². The Morgan fingerprint density at radius 3 is 1.68 bits per heavy atom. The minimum Gasteiger partial charge on any atom is -0.504 e. The van der Waals surface area contributed by atoms with Crippen LogP contribution in [0.1, 0.15) is 52.9 Å². The third-order valence-electron chi connectivity index (χ3n) is 11.5. The monoisotopic (exact) mass is 952 g/mol. The molecule has 5 aliphatic rings. The molecule has 3 unspecified atom stereocenters. The molecule has 9 rings (SSSR count). The summed E-state index contributed by atoms with van der Waals surface area (Å²) in [5, 5.41) is 150. The van der Waals surface area contributed by atoms with Crippen molar-refractivity contribution in [3.05, 3.63) is 69.8 Å². The van der Waals surface area contributed by atoms with Crippen molar-refractivity contribution in [1.82, 2.24) is 0 Å². The average Bonchev–Trinajstić information content (AvgIpc) is 3.28. The Hall–Kier alpha value is -8.92. The highest BCUT2D eigenvalue weighted by Crippen LogP contribution is 2.59. The van der Waals surface area contributed by atoms with Crippen LogP contribution in [0.4, 0.5) is 0 Å². The molecule has 4 aliphatic heterocycles. The van der Waals surface area contributed by atoms with Crippen LogP contribution >= 0.6 is 0 Å². The van der Waals surface area contributed by atoms with Crippen molar-refractivity contribution in [2.24, 2.45) is 0 Å². The largest absolute Gasteiger partial charge is 0.504 e. The van der Waals surface area contributed by atoms with Crippen LogP contribution < -0.4 is 4.74 Å². The Labute approximate surface area is 373 Å². The Bertz CT molecular complexity index is 3020. The van der Waals surface area contributed by atoms with Crippen LogP contribution in [0.2, 0.25) is 0 Å². The maximum atomic E-state index is 14.6. The summed E-state index contributed by atoms with van der Waals surface area (Å²) < 4.78 is 38.9. The molecule has 6 bridgehead atoms. The summed E-state index contributed by atoms with van der Waals surface area (Å²) in [6.07, 6.45) is -12.1. The van der Waals surface area contributed by atoms with Gasteiger partial charge in [0.2, 0.25) is 35.4 Å². The van der Waals surface area contributed by atoms with Crippen molar-refractivity contribution in [3.63, 3.8) is 0 Å². The molecule has 27 heteroatoms. The van der Waals surface area contributed by atoms with Crippen LogP contribution in [0.3, 0.4) is 0 Å². The fourth-order valence-corrected chi connectivity index (χ4v) is 8.25. The maximum Gasteiger partial charge on any atom is 0.340 e. The average molecular weight is 953 g/mol. The number of cyclic esters (lactones) is 1. The molecule has 68 heavy (non-hydrogen) atoms. The second kappa shape index (κ2) is 14.8. The molecule has 4 aromatic carbocycles. The molecule has 27 nitrogen and oxygen atoms in total. The van der Waals surface area contributed by atoms with E-state index in [1.807, 2.05) is 0 Å². The first-order valence-corrected chi connectivity index (χ1v) is 19.1. The van der Waals surface area contributed by atoms with Gasteiger partial charge in [0, 0.05) is 16.7 Å². The number of fused-ring (bicyclic) bond motifs is 4. The van der Waals surface area contributed by atoms with Crippen LogP contribution in [-0.2, 0) is 38.0 Å². The number of rotatable bonds is 2. The van der Waals surface area contributed by atoms with Crippen LogP contribution in [0.5, 0.6) is 69.0 Å². The maximum absolute atomic E-state index is 14.6. The molecule has 1 aliphatic carbocycles. The number of phenolic OH excluding ortho intramolecular Hbond substituents is 11. The minimum absolute atomic E-state index is 0.264. The van der Waals surface area contributed by atoms with Gasteiger partial charge in [-0.25, -0.2) is 24.0 Å². The Morgan fingerprint density at radius 2 is 1.07 bits per heavy atom. The molecule has 0 amide bonds. The number of ether oxygens (including phenoxy) is 7. The molecule has 0 saturated carbocycles. The number of hydrogen-bond acceptors (Lipinski definition) is 27. The fraction of sp³-hybridized carbons (Fsp3) is 0.220. The lowest BCUT2D eigenvalue weighted by Crippen LogP contribution is -2.70. The molecule has 14 N–H and O–H groups in total. The van der Waals surface area contributed by atoms with Crippen LogP contribution in [-0.4, -0.2) is 156 Å². The van der Waals surface area contributed by atoms with E-state index < -0.39 is 204 Å². The summed E-state index contributed by atoms with van der Waals surface area (Å²) in [7, 11) is 0. The molecule has 0 aromatic heterocycles. The van der Waals surface area contributed by atoms with Gasteiger partial charge < -0.3 is 105 Å². The molecule has 1 saturated heterocycles. The molecule has 354 valence electrons. The number of hydrogen-bond donors (Lipinski definition) is 14. The summed E-state index contributed by atoms with van der Waals surface area (Å²) in [4.78, 5) is 84.8. The molecule has 7 atom stereocenters. The standard InChI is InChI=1S/C41H28O27/c42-13-1-8(2-14(43)24(13)48)34(54)67-39-33-32-30(64-38(58)12-6-19(47)41(61)40(59,60)23(12)22-11(37(57)66-33)5-17(46)27(51)31(22)68-41)18(63-39)7-62-35(55)9-3-15(44)25(49)28(52)20(9)21-10(36(56)65-32)4-16(45)26(50)29(21)53/h1-6,18,23,30,32-33,39,42-46,48-53,59-61H,7H2/t18?,23-,30?,32?,33+,39-,41-/m0/s1. The van der Waals surface area contributed by atoms with E-state index in [2.05, 4.69) is 0 Å². The van der Waals surface area contributed by atoms with Crippen molar-refractivity contribution < 1.29 is 133 Å². The number of carbonyl (C=O) groups excluding carboxylic acids is 6. The number of aromatic hydroxyl groups is 11. The highest BCUT2D eigenvalue weighted by Gasteiger charge is 2.70. The third kappa shape index (κ3) is 6.21. The van der Waals surface area contributed by atoms with E-state index >= 15 is 0 Å². The lowest BCUT2D eigenvalue weighted by molar-refractivity contribution is -0.339. The van der Waals surface area contributed by atoms with Crippen LogP contribution in [0.15, 0.2) is 42.0 Å². The molecule has 0 radical (unpaired) electrons. The van der Waals surface area contributed by atoms with Gasteiger partial charge in [-0.1, -0.05) is 0 Å². The van der Waals surface area contributed by atoms with Gasteiger partial charge in [0.05, 0.1) is 33.7 Å². The predicted molar refractivity (Wildman–Crippen MR) is 204 cm³/mol. The van der Waals surface area contributed by atoms with Crippen molar-refractivity contribution in [3.8, 4) is 80.1 Å². The van der Waals surface area contributed by atoms with Crippen molar-refractivity contribution >= 4 is 35.6 Å². The number of benzene rings is 4. The number of ketones is 1. The summed E-state index contributed by atoms with van der Waals surface area (Å²) >= 11 is 0. The second-order valence-corrected chi connectivity index (χ2v) is 15.5. The van der Waals surface area contributed by atoms with Gasteiger partial charge in [-0.3, -0.25) is 4.79 Å². The molecule has 4 aromatic rings. The Kier molecular flexibility index (Phi) is 9.64. The highest BCUT2D eigenvalue weighted by molar-refractivity contribution is 6.10. The Morgan fingerprint density at radius 1 is 0.574 bits per heavy atom. The number of aliphatic hydroxyl groups is 3. The second-order valence-electron chi connectivity index (χ2n) is 15.5. The normalized spacial score (nSPS) is 25.7. The summed E-state index contributed by atoms with van der Waals surface area (Å²) in [6.45, 7) is -1.31. The molecule has 1 fully saturated rings. The number of carbonyl (C=O) groups is 6. The summed E-state index contributed by atoms with van der Waals surface area (Å²) in [5.74, 6) is -36.5. The number of phenols is 11. The third-order valence-corrected chi connectivity index (χ3v) is 11.5. The van der Waals surface area contributed by atoms with E-state index in [4.69, 9.17) is 33.2 Å². The van der Waals surface area contributed by atoms with Crippen molar-refractivity contribution in [2.75, 3.05) is 6.61 Å². The highest BCUT2D eigenvalue weighted by atomic mass is 16.8. The number of esters is 5. The summed E-state index contributed by atoms with van der Waals surface area (Å²) in [5.41, 5.74) is -8.48. The van der Waals surface area contributed by atoms with E-state index in [9.17, 15) is 100 Å². The molecule has 4 heterocycles. The van der Waals surface area contributed by atoms with Gasteiger partial charge in [-0.05, 0) is 36.4 Å². The van der Waals surface area contributed by atoms with Crippen molar-refractivity contribution in [2.45, 2.75) is 48.2 Å². The SMILES string of the molecule is O=C1OC2C3COC(=O)c4cc(O)c(O)c(O)c4-c4c(cc(O)c(O)c4O)C(=O)OC2[C@@H](OC(=O)c2cc(O)c(O)c4c2[C@@H]2C1=CC(=O)[C@](O)(O4)C2(O)O)[C@H](OC(=O)c1cc(O)c(O)c(O)c1)O3. The van der Waals surface area contributed by atoms with Gasteiger partial charge in [-0.2, -0.15) is 0 Å². The van der Waals surface area contributed by atoms with Gasteiger partial charge in [0.15, 0.2) is 64.0 Å². The van der Waals surface area contributed by atoms with Gasteiger partial charge in [0.25, 0.3) is 5.79 Å². The minimum atomic E-state index is -3.98. The van der Waals surface area contributed by atoms with Crippen LogP contribution in [0.25, 0.3) is 11.1 Å². The lowest BCUT2D eigenvalue weighted by Gasteiger charge is -2.49. The molecular formula is C41H28O27. The van der Waals surface area contributed by atoms with E-state index in [1.165, 1.54) is 0 Å². The molecule has 0 spiro atoms. The van der Waals surface area contributed by atoms with Crippen LogP contribution in [0, 0.1) is 0 Å². The lowest BCUT2D eigenvalue weighted by atomic mass is 9.70. The smallest absolute Gasteiger partial charge is 0.340 e. The Balaban J connectivity index is 1.30. The quantitative estimate of drug-likeness (QED) is 0.0491. The van der Waals surface area contributed by atoms with E-state index in [-0.39, 0.29) is 6.08 Å². The molecular weight excluding hydrogens is 924 g/mol. The van der Waals surface area contributed by atoms with E-state index in [0.717, 1.165) is 0 Å².